The van der Waals surface area contributed by atoms with E-state index in [1.54, 1.807) is 17.0 Å². The van der Waals surface area contributed by atoms with Crippen molar-refractivity contribution in [1.29, 1.82) is 0 Å². The molecular weight excluding hydrogens is 272 g/mol. The van der Waals surface area contributed by atoms with E-state index in [-0.39, 0.29) is 36.1 Å². The zero-order chi connectivity index (χ0) is 15.0. The molecule has 6 heteroatoms. The summed E-state index contributed by atoms with van der Waals surface area (Å²) in [5.41, 5.74) is 1.02. The average Bonchev–Trinajstić information content (AvgIpc) is 2.45. The third-order valence-corrected chi connectivity index (χ3v) is 4.39. The molecule has 0 unspecified atom stereocenters. The summed E-state index contributed by atoms with van der Waals surface area (Å²) in [6.45, 7) is 1.85. The van der Waals surface area contributed by atoms with E-state index in [0.29, 0.717) is 19.6 Å². The Labute approximate surface area is 122 Å². The van der Waals surface area contributed by atoms with Crippen LogP contribution in [0.15, 0.2) is 23.0 Å². The van der Waals surface area contributed by atoms with Crippen LogP contribution in [0.1, 0.15) is 30.9 Å². The van der Waals surface area contributed by atoms with Gasteiger partial charge < -0.3 is 14.6 Å². The van der Waals surface area contributed by atoms with Gasteiger partial charge in [0.15, 0.2) is 0 Å². The number of carbonyl (C=O) groups is 2. The number of hydrogen-bond acceptors (Lipinski definition) is 3. The number of likely N-dealkylation sites (tertiary alicyclic amines) is 1. The third-order valence-electron chi connectivity index (χ3n) is 4.39. The first-order valence-corrected chi connectivity index (χ1v) is 7.24. The second-order valence-electron chi connectivity index (χ2n) is 5.89. The molecule has 0 spiro atoms. The first kappa shape index (κ1) is 13.9. The van der Waals surface area contributed by atoms with Crippen LogP contribution < -0.4 is 5.56 Å². The van der Waals surface area contributed by atoms with Gasteiger partial charge in [-0.15, -0.1) is 0 Å². The number of carboxylic acids is 1. The lowest BCUT2D eigenvalue weighted by Gasteiger charge is -2.42. The molecular formula is C15H18N2O4. The smallest absolute Gasteiger partial charge is 0.303 e. The number of carboxylic acid groups (broad SMARTS) is 1. The van der Waals surface area contributed by atoms with Crippen LogP contribution in [0.4, 0.5) is 0 Å². The van der Waals surface area contributed by atoms with Crippen LogP contribution >= 0.6 is 0 Å². The maximum absolute atomic E-state index is 12.1. The van der Waals surface area contributed by atoms with Crippen molar-refractivity contribution in [2.24, 2.45) is 5.92 Å². The predicted octanol–water partition coefficient (Wildman–Crippen LogP) is 0.659. The number of aliphatic carboxylic acids is 1. The fourth-order valence-corrected chi connectivity index (χ4v) is 3.47. The zero-order valence-electron chi connectivity index (χ0n) is 11.7. The Morgan fingerprint density at radius 2 is 2.00 bits per heavy atom. The van der Waals surface area contributed by atoms with Gasteiger partial charge >= 0.3 is 5.97 Å². The van der Waals surface area contributed by atoms with Crippen LogP contribution in [-0.2, 0) is 16.1 Å². The fourth-order valence-electron chi connectivity index (χ4n) is 3.47. The van der Waals surface area contributed by atoms with Crippen LogP contribution in [-0.4, -0.2) is 39.5 Å². The molecule has 0 aromatic carbocycles. The first-order chi connectivity index (χ1) is 10.0. The van der Waals surface area contributed by atoms with Gasteiger partial charge in [0, 0.05) is 43.7 Å². The van der Waals surface area contributed by atoms with E-state index in [9.17, 15) is 14.4 Å². The number of amides is 1. The fraction of sp³-hybridized carbons (Fsp3) is 0.533. The largest absolute Gasteiger partial charge is 0.481 e. The van der Waals surface area contributed by atoms with Gasteiger partial charge in [-0.3, -0.25) is 14.4 Å². The molecule has 0 radical (unpaired) electrons. The third kappa shape index (κ3) is 2.70. The lowest BCUT2D eigenvalue weighted by molar-refractivity contribution is -0.141. The number of hydrogen-bond donors (Lipinski definition) is 1. The van der Waals surface area contributed by atoms with Gasteiger partial charge in [0.1, 0.15) is 0 Å². The van der Waals surface area contributed by atoms with Crippen molar-refractivity contribution in [3.8, 4) is 0 Å². The Hall–Kier alpha value is -2.11. The topological polar surface area (TPSA) is 79.6 Å². The SMILES string of the molecule is O=C(O)CCC(=O)N1C[C@@H]2C[C@@H](C1)c1cccc(=O)n1C2. The summed E-state index contributed by atoms with van der Waals surface area (Å²) in [6, 6.07) is 5.29. The molecule has 112 valence electrons. The van der Waals surface area contributed by atoms with Gasteiger partial charge in [-0.25, -0.2) is 0 Å². The van der Waals surface area contributed by atoms with Crippen molar-refractivity contribution >= 4 is 11.9 Å². The van der Waals surface area contributed by atoms with Gasteiger partial charge in [0.25, 0.3) is 5.56 Å². The molecule has 1 saturated heterocycles. The average molecular weight is 290 g/mol. The van der Waals surface area contributed by atoms with Crippen LogP contribution in [0.5, 0.6) is 0 Å². The van der Waals surface area contributed by atoms with Crippen molar-refractivity contribution in [1.82, 2.24) is 9.47 Å². The Balaban J connectivity index is 1.77. The van der Waals surface area contributed by atoms with Crippen LogP contribution in [0, 0.1) is 5.92 Å². The molecule has 1 fully saturated rings. The monoisotopic (exact) mass is 290 g/mol. The summed E-state index contributed by atoms with van der Waals surface area (Å²) < 4.78 is 1.82. The molecule has 1 amide bonds. The van der Waals surface area contributed by atoms with Crippen LogP contribution in [0.2, 0.25) is 0 Å². The van der Waals surface area contributed by atoms with E-state index in [2.05, 4.69) is 0 Å². The van der Waals surface area contributed by atoms with Crippen molar-refractivity contribution in [2.75, 3.05) is 13.1 Å². The van der Waals surface area contributed by atoms with E-state index in [4.69, 9.17) is 5.11 Å². The second kappa shape index (κ2) is 5.35. The molecule has 2 atom stereocenters. The Morgan fingerprint density at radius 3 is 2.76 bits per heavy atom. The van der Waals surface area contributed by atoms with Crippen molar-refractivity contribution in [3.05, 3.63) is 34.2 Å². The highest BCUT2D eigenvalue weighted by molar-refractivity contribution is 5.80. The molecule has 6 nitrogen and oxygen atoms in total. The first-order valence-electron chi connectivity index (χ1n) is 7.24. The molecule has 3 heterocycles. The predicted molar refractivity (Wildman–Crippen MR) is 75.0 cm³/mol. The summed E-state index contributed by atoms with van der Waals surface area (Å²) >= 11 is 0. The molecule has 0 saturated carbocycles. The molecule has 2 bridgehead atoms. The van der Waals surface area contributed by atoms with Crippen molar-refractivity contribution < 1.29 is 14.7 Å². The highest BCUT2D eigenvalue weighted by Crippen LogP contribution is 2.35. The van der Waals surface area contributed by atoms with Crippen molar-refractivity contribution in [3.63, 3.8) is 0 Å². The summed E-state index contributed by atoms with van der Waals surface area (Å²) in [5, 5.41) is 8.67. The Morgan fingerprint density at radius 1 is 1.19 bits per heavy atom. The van der Waals surface area contributed by atoms with E-state index in [0.717, 1.165) is 12.1 Å². The maximum Gasteiger partial charge on any atom is 0.303 e. The maximum atomic E-state index is 12.1. The minimum Gasteiger partial charge on any atom is -0.481 e. The van der Waals surface area contributed by atoms with E-state index < -0.39 is 5.97 Å². The van der Waals surface area contributed by atoms with Gasteiger partial charge in [-0.2, -0.15) is 0 Å². The molecule has 1 aromatic rings. The number of rotatable bonds is 3. The highest BCUT2D eigenvalue weighted by atomic mass is 16.4. The van der Waals surface area contributed by atoms with Crippen molar-refractivity contribution in [2.45, 2.75) is 31.7 Å². The molecule has 2 aliphatic heterocycles. The highest BCUT2D eigenvalue weighted by Gasteiger charge is 2.35. The number of fused-ring (bicyclic) bond motifs is 4. The van der Waals surface area contributed by atoms with Gasteiger partial charge in [0.2, 0.25) is 5.91 Å². The standard InChI is InChI=1S/C15H18N2O4/c18-13(4-5-15(20)21)16-7-10-6-11(9-16)12-2-1-3-14(19)17(12)8-10/h1-3,10-11H,4-9H2,(H,20,21)/t10-,11-/m0/s1. The van der Waals surface area contributed by atoms with Gasteiger partial charge in [-0.05, 0) is 18.4 Å². The number of pyridine rings is 1. The van der Waals surface area contributed by atoms with E-state index >= 15 is 0 Å². The minimum atomic E-state index is -0.947. The Kier molecular flexibility index (Phi) is 3.53. The van der Waals surface area contributed by atoms with Gasteiger partial charge in [-0.1, -0.05) is 6.07 Å². The normalized spacial score (nSPS) is 23.5. The zero-order valence-corrected chi connectivity index (χ0v) is 11.7. The molecule has 1 aromatic heterocycles. The molecule has 21 heavy (non-hydrogen) atoms. The minimum absolute atomic E-state index is 0.0212. The lowest BCUT2D eigenvalue weighted by Crippen LogP contribution is -2.49. The van der Waals surface area contributed by atoms with Crippen LogP contribution in [0.25, 0.3) is 0 Å². The number of nitrogens with zero attached hydrogens (tertiary/aromatic N) is 2. The lowest BCUT2D eigenvalue weighted by atomic mass is 9.83. The molecule has 3 rings (SSSR count). The summed E-state index contributed by atoms with van der Waals surface area (Å²) in [4.78, 5) is 36.4. The number of carbonyl (C=O) groups excluding carboxylic acids is 1. The number of aromatic nitrogens is 1. The number of piperidine rings is 1. The summed E-state index contributed by atoms with van der Waals surface area (Å²) in [6.07, 6.45) is 0.920. The molecule has 1 N–H and O–H groups in total. The Bertz CT molecular complexity index is 637. The van der Waals surface area contributed by atoms with Gasteiger partial charge in [0.05, 0.1) is 6.42 Å². The van der Waals surface area contributed by atoms with Crippen LogP contribution in [0.3, 0.4) is 0 Å². The quantitative estimate of drug-likeness (QED) is 0.887. The molecule has 2 aliphatic rings. The second-order valence-corrected chi connectivity index (χ2v) is 5.89. The summed E-state index contributed by atoms with van der Waals surface area (Å²) in [7, 11) is 0. The van der Waals surface area contributed by atoms with E-state index in [1.165, 1.54) is 0 Å². The summed E-state index contributed by atoms with van der Waals surface area (Å²) in [5.74, 6) is -0.582. The molecule has 0 aliphatic carbocycles. The van der Waals surface area contributed by atoms with E-state index in [1.807, 2.05) is 10.6 Å².